The number of benzene rings is 2. The molecule has 1 heterocycles. The minimum absolute atomic E-state index is 0.215. The fraction of sp³-hybridized carbons (Fsp3) is 0.150. The van der Waals surface area contributed by atoms with Crippen molar-refractivity contribution in [1.29, 1.82) is 0 Å². The Labute approximate surface area is 154 Å². The van der Waals surface area contributed by atoms with E-state index in [-0.39, 0.29) is 6.61 Å². The average molecular weight is 366 g/mol. The molecule has 7 nitrogen and oxygen atoms in total. The fourth-order valence-electron chi connectivity index (χ4n) is 2.55. The zero-order valence-electron chi connectivity index (χ0n) is 14.4. The highest BCUT2D eigenvalue weighted by Crippen LogP contribution is 2.13. The molecule has 0 fully saturated rings. The second-order valence-corrected chi connectivity index (χ2v) is 5.75. The van der Waals surface area contributed by atoms with E-state index >= 15 is 0 Å². The van der Waals surface area contributed by atoms with Crippen molar-refractivity contribution in [2.24, 2.45) is 0 Å². The van der Waals surface area contributed by atoms with Gasteiger partial charge in [-0.3, -0.25) is 4.98 Å². The highest BCUT2D eigenvalue weighted by molar-refractivity contribution is 5.86. The molecule has 0 aliphatic heterocycles. The van der Waals surface area contributed by atoms with Crippen LogP contribution < -0.4 is 16.7 Å². The maximum Gasteiger partial charge on any atom is 0.419 e. The number of hydrogen-bond donors (Lipinski definition) is 2. The van der Waals surface area contributed by atoms with E-state index in [2.05, 4.69) is 14.7 Å². The quantitative estimate of drug-likeness (QED) is 0.653. The number of aromatic amines is 1. The van der Waals surface area contributed by atoms with Crippen LogP contribution >= 0.6 is 0 Å². The van der Waals surface area contributed by atoms with Crippen molar-refractivity contribution < 1.29 is 13.9 Å². The van der Waals surface area contributed by atoms with Gasteiger partial charge in [-0.1, -0.05) is 54.6 Å². The molecule has 0 unspecified atom stereocenters. The summed E-state index contributed by atoms with van der Waals surface area (Å²) in [6, 6.07) is 14.5. The summed E-state index contributed by atoms with van der Waals surface area (Å²) in [5.74, 6) is -0.785. The maximum absolute atomic E-state index is 11.9. The zero-order chi connectivity index (χ0) is 19.1. The molecule has 0 aliphatic rings. The van der Waals surface area contributed by atoms with Crippen molar-refractivity contribution >= 4 is 23.1 Å². The third-order valence-electron chi connectivity index (χ3n) is 3.81. The average Bonchev–Trinajstić information content (AvgIpc) is 2.66. The highest BCUT2D eigenvalue weighted by atomic mass is 16.5. The Hall–Kier alpha value is -3.61. The SMILES string of the molecule is O=C(NCCC=Cc1cccc2[nH]c(=O)oc(=O)c12)OCc1ccccc1. The van der Waals surface area contributed by atoms with Gasteiger partial charge < -0.3 is 14.5 Å². The number of fused-ring (bicyclic) bond motifs is 1. The lowest BCUT2D eigenvalue weighted by Gasteiger charge is -2.06. The van der Waals surface area contributed by atoms with E-state index in [1.165, 1.54) is 0 Å². The van der Waals surface area contributed by atoms with Crippen LogP contribution in [-0.2, 0) is 11.3 Å². The number of ether oxygens (including phenoxy) is 1. The number of amides is 1. The summed E-state index contributed by atoms with van der Waals surface area (Å²) in [6.07, 6.45) is 3.62. The van der Waals surface area contributed by atoms with Gasteiger partial charge in [0, 0.05) is 6.54 Å². The molecule has 1 aromatic heterocycles. The lowest BCUT2D eigenvalue weighted by molar-refractivity contribution is 0.140. The van der Waals surface area contributed by atoms with Crippen LogP contribution in [0.1, 0.15) is 17.5 Å². The minimum Gasteiger partial charge on any atom is -0.445 e. The summed E-state index contributed by atoms with van der Waals surface area (Å²) in [6.45, 7) is 0.604. The van der Waals surface area contributed by atoms with Crippen LogP contribution in [0.2, 0.25) is 0 Å². The van der Waals surface area contributed by atoms with Crippen LogP contribution in [0.3, 0.4) is 0 Å². The number of H-pyrrole nitrogens is 1. The number of aromatic nitrogens is 1. The monoisotopic (exact) mass is 366 g/mol. The minimum atomic E-state index is -0.785. The maximum atomic E-state index is 11.9. The van der Waals surface area contributed by atoms with Crippen molar-refractivity contribution in [3.05, 3.63) is 86.7 Å². The van der Waals surface area contributed by atoms with Gasteiger partial charge in [0.25, 0.3) is 0 Å². The Bertz CT molecular complexity index is 1070. The number of alkyl carbamates (subject to hydrolysis) is 1. The molecule has 0 radical (unpaired) electrons. The lowest BCUT2D eigenvalue weighted by Crippen LogP contribution is -2.24. The van der Waals surface area contributed by atoms with Gasteiger partial charge in [0.05, 0.1) is 10.9 Å². The predicted octanol–water partition coefficient (Wildman–Crippen LogP) is 2.81. The van der Waals surface area contributed by atoms with Crippen LogP contribution in [0.4, 0.5) is 4.79 Å². The third-order valence-corrected chi connectivity index (χ3v) is 3.81. The van der Waals surface area contributed by atoms with Crippen LogP contribution in [0.5, 0.6) is 0 Å². The molecule has 0 atom stereocenters. The van der Waals surface area contributed by atoms with E-state index in [9.17, 15) is 14.4 Å². The molecule has 3 aromatic rings. The summed E-state index contributed by atoms with van der Waals surface area (Å²) >= 11 is 0. The number of nitrogens with one attached hydrogen (secondary N) is 2. The highest BCUT2D eigenvalue weighted by Gasteiger charge is 2.06. The molecule has 7 heteroatoms. The van der Waals surface area contributed by atoms with Gasteiger partial charge in [0.2, 0.25) is 0 Å². The normalized spacial score (nSPS) is 11.0. The lowest BCUT2D eigenvalue weighted by atomic mass is 10.1. The summed E-state index contributed by atoms with van der Waals surface area (Å²) in [7, 11) is 0. The second-order valence-electron chi connectivity index (χ2n) is 5.75. The summed E-state index contributed by atoms with van der Waals surface area (Å²) in [5.41, 5.74) is 1.28. The summed E-state index contributed by atoms with van der Waals surface area (Å²) in [5, 5.41) is 2.96. The molecular weight excluding hydrogens is 348 g/mol. The van der Waals surface area contributed by atoms with Crippen molar-refractivity contribution in [2.45, 2.75) is 13.0 Å². The molecule has 0 saturated heterocycles. The zero-order valence-corrected chi connectivity index (χ0v) is 14.4. The molecule has 2 N–H and O–H groups in total. The first kappa shape index (κ1) is 18.2. The topological polar surface area (TPSA) is 101 Å². The molecule has 0 bridgehead atoms. The van der Waals surface area contributed by atoms with Crippen molar-refractivity contribution in [3.63, 3.8) is 0 Å². The van der Waals surface area contributed by atoms with Crippen molar-refractivity contribution in [3.8, 4) is 0 Å². The molecule has 2 aromatic carbocycles. The Balaban J connectivity index is 1.51. The van der Waals surface area contributed by atoms with Gasteiger partial charge in [-0.15, -0.1) is 0 Å². The molecule has 0 aliphatic carbocycles. The molecule has 0 saturated carbocycles. The first-order chi connectivity index (χ1) is 13.1. The number of carbonyl (C=O) groups excluding carboxylic acids is 1. The molecule has 3 rings (SSSR count). The summed E-state index contributed by atoms with van der Waals surface area (Å²) in [4.78, 5) is 37.3. The first-order valence-corrected chi connectivity index (χ1v) is 8.41. The Morgan fingerprint density at radius 1 is 1.11 bits per heavy atom. The first-order valence-electron chi connectivity index (χ1n) is 8.41. The van der Waals surface area contributed by atoms with E-state index in [1.54, 1.807) is 24.3 Å². The van der Waals surface area contributed by atoms with E-state index in [4.69, 9.17) is 4.74 Å². The standard InChI is InChI=1S/C20H18N2O5/c23-18-17-15(10-6-11-16(17)22-20(25)27-18)9-4-5-12-21-19(24)26-13-14-7-2-1-3-8-14/h1-4,6-11H,5,12-13H2,(H,21,24)(H,22,25). The molecule has 27 heavy (non-hydrogen) atoms. The number of rotatable bonds is 6. The van der Waals surface area contributed by atoms with Crippen molar-refractivity contribution in [2.75, 3.05) is 6.54 Å². The molecular formula is C20H18N2O5. The van der Waals surface area contributed by atoms with Crippen LogP contribution in [0.15, 0.2) is 68.6 Å². The van der Waals surface area contributed by atoms with Gasteiger partial charge in [-0.2, -0.15) is 0 Å². The number of carbonyl (C=O) groups is 1. The number of hydrogen-bond acceptors (Lipinski definition) is 5. The van der Waals surface area contributed by atoms with Crippen LogP contribution in [-0.4, -0.2) is 17.6 Å². The van der Waals surface area contributed by atoms with Gasteiger partial charge in [-0.05, 0) is 23.6 Å². The molecule has 138 valence electrons. The van der Waals surface area contributed by atoms with Crippen LogP contribution in [0, 0.1) is 0 Å². The van der Waals surface area contributed by atoms with E-state index in [1.807, 2.05) is 36.4 Å². The van der Waals surface area contributed by atoms with Gasteiger partial charge in [-0.25, -0.2) is 14.4 Å². The third kappa shape index (κ3) is 4.94. The smallest absolute Gasteiger partial charge is 0.419 e. The Kier molecular flexibility index (Phi) is 5.84. The van der Waals surface area contributed by atoms with Crippen LogP contribution in [0.25, 0.3) is 17.0 Å². The second kappa shape index (κ2) is 8.66. The Morgan fingerprint density at radius 2 is 1.93 bits per heavy atom. The molecule has 1 amide bonds. The predicted molar refractivity (Wildman–Crippen MR) is 101 cm³/mol. The van der Waals surface area contributed by atoms with E-state index in [0.29, 0.717) is 29.4 Å². The fourth-order valence-corrected chi connectivity index (χ4v) is 2.55. The van der Waals surface area contributed by atoms with E-state index < -0.39 is 17.5 Å². The van der Waals surface area contributed by atoms with Gasteiger partial charge >= 0.3 is 17.5 Å². The van der Waals surface area contributed by atoms with Gasteiger partial charge in [0.15, 0.2) is 0 Å². The summed E-state index contributed by atoms with van der Waals surface area (Å²) < 4.78 is 9.70. The van der Waals surface area contributed by atoms with Crippen molar-refractivity contribution in [1.82, 2.24) is 10.3 Å². The van der Waals surface area contributed by atoms with E-state index in [0.717, 1.165) is 5.56 Å². The molecule has 0 spiro atoms. The van der Waals surface area contributed by atoms with Gasteiger partial charge in [0.1, 0.15) is 6.61 Å². The Morgan fingerprint density at radius 3 is 2.74 bits per heavy atom. The largest absolute Gasteiger partial charge is 0.445 e.